The van der Waals surface area contributed by atoms with Crippen LogP contribution >= 0.6 is 23.1 Å². The van der Waals surface area contributed by atoms with E-state index in [9.17, 15) is 4.79 Å². The average molecular weight is 322 g/mol. The van der Waals surface area contributed by atoms with Crippen molar-refractivity contribution in [2.75, 3.05) is 11.9 Å². The maximum Gasteiger partial charge on any atom is 0.237 e. The van der Waals surface area contributed by atoms with Gasteiger partial charge in [0.1, 0.15) is 5.75 Å². The molecule has 1 N–H and O–H groups in total. The minimum absolute atomic E-state index is 0.0555. The maximum atomic E-state index is 12.3. The molecular formula is C15H18N2O2S2. The van der Waals surface area contributed by atoms with E-state index in [1.807, 2.05) is 50.4 Å². The summed E-state index contributed by atoms with van der Waals surface area (Å²) in [5, 5.41) is 4.68. The molecular weight excluding hydrogens is 304 g/mol. The van der Waals surface area contributed by atoms with Gasteiger partial charge in [-0.05, 0) is 32.9 Å². The summed E-state index contributed by atoms with van der Waals surface area (Å²) in [5.41, 5.74) is 1.68. The summed E-state index contributed by atoms with van der Waals surface area (Å²) >= 11 is 3.03. The number of rotatable bonds is 6. The van der Waals surface area contributed by atoms with Gasteiger partial charge in [0.15, 0.2) is 4.34 Å². The monoisotopic (exact) mass is 322 g/mol. The zero-order valence-electron chi connectivity index (χ0n) is 12.3. The molecule has 0 aliphatic rings. The molecule has 4 nitrogen and oxygen atoms in total. The Bertz CT molecular complexity index is 613. The van der Waals surface area contributed by atoms with Gasteiger partial charge >= 0.3 is 0 Å². The molecule has 0 saturated carbocycles. The zero-order chi connectivity index (χ0) is 15.2. The number of nitrogens with zero attached hydrogens (tertiary/aromatic N) is 1. The minimum atomic E-state index is -0.217. The molecule has 1 aromatic carbocycles. The van der Waals surface area contributed by atoms with Crippen LogP contribution in [0.4, 0.5) is 5.69 Å². The predicted molar refractivity (Wildman–Crippen MR) is 88.4 cm³/mol. The fraction of sp³-hybridized carbons (Fsp3) is 0.333. The van der Waals surface area contributed by atoms with Gasteiger partial charge in [-0.2, -0.15) is 0 Å². The Hall–Kier alpha value is -1.53. The highest BCUT2D eigenvalue weighted by Crippen LogP contribution is 2.29. The first kappa shape index (κ1) is 15.9. The van der Waals surface area contributed by atoms with Crippen molar-refractivity contribution in [3.8, 4) is 5.75 Å². The van der Waals surface area contributed by atoms with Gasteiger partial charge in [0.05, 0.1) is 17.5 Å². The number of carbonyl (C=O) groups is 1. The number of anilines is 1. The lowest BCUT2D eigenvalue weighted by atomic mass is 10.3. The molecule has 0 aliphatic carbocycles. The number of aromatic nitrogens is 1. The number of ether oxygens (including phenoxy) is 1. The Morgan fingerprint density at radius 1 is 1.48 bits per heavy atom. The second-order valence-electron chi connectivity index (χ2n) is 4.43. The summed E-state index contributed by atoms with van der Waals surface area (Å²) in [6, 6.07) is 7.45. The van der Waals surface area contributed by atoms with Gasteiger partial charge in [-0.15, -0.1) is 11.3 Å². The molecule has 0 bridgehead atoms. The summed E-state index contributed by atoms with van der Waals surface area (Å²) in [6.45, 7) is 6.31. The molecule has 0 aliphatic heterocycles. The Kier molecular flexibility index (Phi) is 5.64. The van der Waals surface area contributed by atoms with Crippen molar-refractivity contribution in [3.63, 3.8) is 0 Å². The van der Waals surface area contributed by atoms with Crippen LogP contribution in [0.3, 0.4) is 0 Å². The van der Waals surface area contributed by atoms with Crippen molar-refractivity contribution in [2.45, 2.75) is 30.4 Å². The SMILES string of the molecule is CCOc1ccccc1NC(=O)[C@@H](C)Sc1nc(C)cs1. The van der Waals surface area contributed by atoms with E-state index in [0.29, 0.717) is 18.0 Å². The van der Waals surface area contributed by atoms with E-state index in [-0.39, 0.29) is 11.2 Å². The summed E-state index contributed by atoms with van der Waals surface area (Å²) in [7, 11) is 0. The zero-order valence-corrected chi connectivity index (χ0v) is 13.9. The van der Waals surface area contributed by atoms with Crippen LogP contribution in [-0.2, 0) is 4.79 Å². The van der Waals surface area contributed by atoms with Gasteiger partial charge in [0.2, 0.25) is 5.91 Å². The second-order valence-corrected chi connectivity index (χ2v) is 6.88. The summed E-state index contributed by atoms with van der Waals surface area (Å²) in [5.74, 6) is 0.635. The van der Waals surface area contributed by atoms with Crippen LogP contribution in [0, 0.1) is 6.92 Å². The van der Waals surface area contributed by atoms with Gasteiger partial charge in [-0.3, -0.25) is 4.79 Å². The molecule has 0 spiro atoms. The topological polar surface area (TPSA) is 51.2 Å². The van der Waals surface area contributed by atoms with Gasteiger partial charge in [0, 0.05) is 11.1 Å². The highest BCUT2D eigenvalue weighted by molar-refractivity contribution is 8.02. The molecule has 1 atom stereocenters. The van der Waals surface area contributed by atoms with E-state index < -0.39 is 0 Å². The number of hydrogen-bond acceptors (Lipinski definition) is 5. The van der Waals surface area contributed by atoms with E-state index in [1.54, 1.807) is 11.3 Å². The number of aryl methyl sites for hydroxylation is 1. The Morgan fingerprint density at radius 3 is 2.90 bits per heavy atom. The molecule has 0 radical (unpaired) electrons. The van der Waals surface area contributed by atoms with E-state index >= 15 is 0 Å². The van der Waals surface area contributed by atoms with E-state index in [0.717, 1.165) is 10.0 Å². The number of nitrogens with one attached hydrogen (secondary N) is 1. The van der Waals surface area contributed by atoms with Gasteiger partial charge in [0.25, 0.3) is 0 Å². The molecule has 0 unspecified atom stereocenters. The van der Waals surface area contributed by atoms with Crippen LogP contribution in [-0.4, -0.2) is 22.7 Å². The first-order valence-electron chi connectivity index (χ1n) is 6.71. The fourth-order valence-corrected chi connectivity index (χ4v) is 3.66. The van der Waals surface area contributed by atoms with Crippen LogP contribution in [0.1, 0.15) is 19.5 Å². The van der Waals surface area contributed by atoms with E-state index in [4.69, 9.17) is 4.74 Å². The average Bonchev–Trinajstić information content (AvgIpc) is 2.86. The van der Waals surface area contributed by atoms with Crippen LogP contribution in [0.2, 0.25) is 0 Å². The third-order valence-electron chi connectivity index (χ3n) is 2.69. The molecule has 1 amide bonds. The molecule has 1 heterocycles. The smallest absolute Gasteiger partial charge is 0.237 e. The Morgan fingerprint density at radius 2 is 2.24 bits per heavy atom. The van der Waals surface area contributed by atoms with Crippen LogP contribution in [0.25, 0.3) is 0 Å². The van der Waals surface area contributed by atoms with Crippen molar-refractivity contribution < 1.29 is 9.53 Å². The molecule has 0 saturated heterocycles. The quantitative estimate of drug-likeness (QED) is 0.818. The first-order chi connectivity index (χ1) is 10.1. The molecule has 2 rings (SSSR count). The number of hydrogen-bond donors (Lipinski definition) is 1. The summed E-state index contributed by atoms with van der Waals surface area (Å²) < 4.78 is 6.42. The number of benzene rings is 1. The van der Waals surface area contributed by atoms with Crippen LogP contribution in [0.15, 0.2) is 34.0 Å². The highest BCUT2D eigenvalue weighted by Gasteiger charge is 2.17. The summed E-state index contributed by atoms with van der Waals surface area (Å²) in [6.07, 6.45) is 0. The van der Waals surface area contributed by atoms with E-state index in [1.165, 1.54) is 11.8 Å². The number of para-hydroxylation sites is 2. The molecule has 0 fully saturated rings. The molecule has 2 aromatic rings. The minimum Gasteiger partial charge on any atom is -0.492 e. The molecule has 1 aromatic heterocycles. The van der Waals surface area contributed by atoms with Gasteiger partial charge in [-0.1, -0.05) is 23.9 Å². The lowest BCUT2D eigenvalue weighted by molar-refractivity contribution is -0.115. The van der Waals surface area contributed by atoms with Crippen LogP contribution < -0.4 is 10.1 Å². The number of amides is 1. The van der Waals surface area contributed by atoms with Crippen molar-refractivity contribution >= 4 is 34.7 Å². The lowest BCUT2D eigenvalue weighted by Crippen LogP contribution is -2.22. The summed E-state index contributed by atoms with van der Waals surface area (Å²) in [4.78, 5) is 16.6. The number of carbonyl (C=O) groups excluding carboxylic acids is 1. The maximum absolute atomic E-state index is 12.3. The van der Waals surface area contributed by atoms with Crippen molar-refractivity contribution in [3.05, 3.63) is 35.3 Å². The fourth-order valence-electron chi connectivity index (χ4n) is 1.68. The largest absolute Gasteiger partial charge is 0.492 e. The molecule has 6 heteroatoms. The van der Waals surface area contributed by atoms with Crippen molar-refractivity contribution in [2.24, 2.45) is 0 Å². The van der Waals surface area contributed by atoms with Crippen molar-refractivity contribution in [1.82, 2.24) is 4.98 Å². The molecule has 112 valence electrons. The van der Waals surface area contributed by atoms with Crippen molar-refractivity contribution in [1.29, 1.82) is 0 Å². The standard InChI is InChI=1S/C15H18N2O2S2/c1-4-19-13-8-6-5-7-12(13)17-14(18)11(3)21-15-16-10(2)9-20-15/h5-9,11H,4H2,1-3H3,(H,17,18)/t11-/m1/s1. The third-order valence-corrected chi connectivity index (χ3v) is 4.88. The van der Waals surface area contributed by atoms with Gasteiger partial charge < -0.3 is 10.1 Å². The normalized spacial score (nSPS) is 12.0. The van der Waals surface area contributed by atoms with Gasteiger partial charge in [-0.25, -0.2) is 4.98 Å². The Balaban J connectivity index is 2.00. The highest BCUT2D eigenvalue weighted by atomic mass is 32.2. The lowest BCUT2D eigenvalue weighted by Gasteiger charge is -2.13. The molecule has 21 heavy (non-hydrogen) atoms. The number of thiazole rings is 1. The number of thioether (sulfide) groups is 1. The van der Waals surface area contributed by atoms with E-state index in [2.05, 4.69) is 10.3 Å². The first-order valence-corrected chi connectivity index (χ1v) is 8.47. The third kappa shape index (κ3) is 4.47. The van der Waals surface area contributed by atoms with Crippen LogP contribution in [0.5, 0.6) is 5.75 Å². The Labute approximate surface area is 132 Å². The second kappa shape index (κ2) is 7.47. The predicted octanol–water partition coefficient (Wildman–Crippen LogP) is 3.97.